The number of aliphatic hydroxyl groups excluding tert-OH is 1. The van der Waals surface area contributed by atoms with Crippen molar-refractivity contribution in [3.8, 4) is 0 Å². The fourth-order valence-corrected chi connectivity index (χ4v) is 6.47. The molecule has 3 unspecified atom stereocenters. The Bertz CT molecular complexity index is 1010. The third-order valence-corrected chi connectivity index (χ3v) is 10.2. The van der Waals surface area contributed by atoms with Gasteiger partial charge in [0.2, 0.25) is 5.91 Å². The predicted octanol–water partition coefficient (Wildman–Crippen LogP) is 11.1. The lowest BCUT2D eigenvalue weighted by Crippen LogP contribution is -2.45. The van der Waals surface area contributed by atoms with E-state index in [-0.39, 0.29) is 12.5 Å². The highest BCUT2D eigenvalue weighted by molar-refractivity contribution is 7.45. The molecule has 0 aliphatic rings. The number of carbonyl (C=O) groups excluding carboxylic acids is 1. The molecule has 8 nitrogen and oxygen atoms in total. The van der Waals surface area contributed by atoms with Crippen LogP contribution in [0.5, 0.6) is 0 Å². The molecule has 0 fully saturated rings. The Morgan fingerprint density at radius 1 is 0.642 bits per heavy atom. The number of hydrogen-bond acceptors (Lipinski definition) is 6. The third kappa shape index (κ3) is 38.5. The van der Waals surface area contributed by atoms with Gasteiger partial charge in [-0.3, -0.25) is 9.36 Å². The van der Waals surface area contributed by atoms with Gasteiger partial charge in [-0.15, -0.1) is 0 Å². The highest BCUT2D eigenvalue weighted by Gasteiger charge is 2.23. The third-order valence-electron chi connectivity index (χ3n) is 9.24. The van der Waals surface area contributed by atoms with Gasteiger partial charge in [-0.1, -0.05) is 152 Å². The number of amides is 1. The second-order valence-corrected chi connectivity index (χ2v) is 17.1. The number of quaternary nitrogens is 1. The van der Waals surface area contributed by atoms with Gasteiger partial charge in [0, 0.05) is 6.42 Å². The van der Waals surface area contributed by atoms with Gasteiger partial charge < -0.3 is 28.8 Å². The molecule has 0 saturated heterocycles. The Morgan fingerprint density at radius 3 is 1.58 bits per heavy atom. The summed E-state index contributed by atoms with van der Waals surface area (Å²) in [5, 5.41) is 13.7. The zero-order chi connectivity index (χ0) is 39.3. The number of hydrogen-bond donors (Lipinski definition) is 2. The topological polar surface area (TPSA) is 108 Å². The number of nitrogens with zero attached hydrogens (tertiary/aromatic N) is 1. The molecule has 0 radical (unpaired) electrons. The summed E-state index contributed by atoms with van der Waals surface area (Å²) in [6, 6.07) is -0.913. The van der Waals surface area contributed by atoms with Crippen LogP contribution in [0.2, 0.25) is 0 Å². The van der Waals surface area contributed by atoms with Crippen LogP contribution in [0.4, 0.5) is 0 Å². The average Bonchev–Trinajstić information content (AvgIpc) is 3.10. The van der Waals surface area contributed by atoms with Crippen LogP contribution in [0, 0.1) is 0 Å². The van der Waals surface area contributed by atoms with Gasteiger partial charge in [0.05, 0.1) is 39.9 Å². The van der Waals surface area contributed by atoms with Crippen LogP contribution in [0.1, 0.15) is 174 Å². The molecule has 0 bridgehead atoms. The molecule has 0 saturated carbocycles. The van der Waals surface area contributed by atoms with Crippen molar-refractivity contribution < 1.29 is 32.9 Å². The monoisotopic (exact) mass is 767 g/mol. The molecular weight excluding hydrogens is 683 g/mol. The maximum Gasteiger partial charge on any atom is 0.268 e. The molecule has 310 valence electrons. The Labute approximate surface area is 327 Å². The Kier molecular flexibility index (Phi) is 35.1. The number of aliphatic hydroxyl groups is 1. The second-order valence-electron chi connectivity index (χ2n) is 15.7. The van der Waals surface area contributed by atoms with E-state index in [1.807, 2.05) is 27.2 Å². The van der Waals surface area contributed by atoms with Crippen molar-refractivity contribution in [3.63, 3.8) is 0 Å². The van der Waals surface area contributed by atoms with Crippen molar-refractivity contribution >= 4 is 13.7 Å². The van der Waals surface area contributed by atoms with E-state index in [0.29, 0.717) is 17.4 Å². The second kappa shape index (κ2) is 36.1. The fourth-order valence-electron chi connectivity index (χ4n) is 5.75. The molecule has 0 aromatic rings. The lowest BCUT2D eigenvalue weighted by atomic mass is 10.1. The summed E-state index contributed by atoms with van der Waals surface area (Å²) in [5.41, 5.74) is 0. The molecule has 1 amide bonds. The number of allylic oxidation sites excluding steroid dienone is 7. The van der Waals surface area contributed by atoms with Crippen molar-refractivity contribution in [2.45, 2.75) is 187 Å². The zero-order valence-electron chi connectivity index (χ0n) is 35.0. The summed E-state index contributed by atoms with van der Waals surface area (Å²) in [5.74, 6) is -0.229. The minimum atomic E-state index is -4.60. The van der Waals surface area contributed by atoms with Crippen LogP contribution in [-0.2, 0) is 18.4 Å². The number of carbonyl (C=O) groups is 1. The Hall–Kier alpha value is -1.54. The number of rotatable bonds is 38. The van der Waals surface area contributed by atoms with Crippen molar-refractivity contribution in [1.29, 1.82) is 0 Å². The van der Waals surface area contributed by atoms with Crippen molar-refractivity contribution in [1.82, 2.24) is 5.32 Å². The predicted molar refractivity (Wildman–Crippen MR) is 224 cm³/mol. The SMILES string of the molecule is CCCC/C=C\CCCCCCC(=O)NC(COP(=O)([O-])OCC[N+](C)(C)C)C(O)/C=C/CC/C=C/CC/C=C/CCCCCCCCCCCCC. The van der Waals surface area contributed by atoms with Crippen LogP contribution >= 0.6 is 7.82 Å². The zero-order valence-corrected chi connectivity index (χ0v) is 35.8. The van der Waals surface area contributed by atoms with Gasteiger partial charge in [0.1, 0.15) is 13.2 Å². The van der Waals surface area contributed by atoms with E-state index in [2.05, 4.69) is 55.6 Å². The van der Waals surface area contributed by atoms with Crippen LogP contribution in [0.15, 0.2) is 48.6 Å². The summed E-state index contributed by atoms with van der Waals surface area (Å²) in [6.45, 7) is 4.54. The largest absolute Gasteiger partial charge is 0.756 e. The van der Waals surface area contributed by atoms with Crippen molar-refractivity contribution in [3.05, 3.63) is 48.6 Å². The minimum absolute atomic E-state index is 0.0124. The number of phosphoric ester groups is 1. The quantitative estimate of drug-likeness (QED) is 0.0280. The van der Waals surface area contributed by atoms with Crippen LogP contribution in [0.3, 0.4) is 0 Å². The number of phosphoric acid groups is 1. The van der Waals surface area contributed by atoms with Gasteiger partial charge in [-0.2, -0.15) is 0 Å². The first-order valence-corrected chi connectivity index (χ1v) is 23.0. The average molecular weight is 767 g/mol. The molecule has 53 heavy (non-hydrogen) atoms. The first-order valence-electron chi connectivity index (χ1n) is 21.5. The van der Waals surface area contributed by atoms with Crippen LogP contribution in [-0.4, -0.2) is 68.5 Å². The minimum Gasteiger partial charge on any atom is -0.756 e. The maximum absolute atomic E-state index is 12.8. The maximum atomic E-state index is 12.8. The van der Waals surface area contributed by atoms with Gasteiger partial charge >= 0.3 is 0 Å². The summed E-state index contributed by atoms with van der Waals surface area (Å²) in [7, 11) is 1.22. The van der Waals surface area contributed by atoms with E-state index < -0.39 is 26.6 Å². The number of unbranched alkanes of at least 4 members (excludes halogenated alkanes) is 19. The molecule has 0 heterocycles. The molecule has 9 heteroatoms. The van der Waals surface area contributed by atoms with E-state index in [4.69, 9.17) is 9.05 Å². The molecule has 0 rings (SSSR count). The first kappa shape index (κ1) is 51.5. The highest BCUT2D eigenvalue weighted by Crippen LogP contribution is 2.38. The van der Waals surface area contributed by atoms with E-state index >= 15 is 0 Å². The molecule has 0 aromatic carbocycles. The lowest BCUT2D eigenvalue weighted by molar-refractivity contribution is -0.870. The number of likely N-dealkylation sites (N-methyl/N-ethyl adjacent to an activating group) is 1. The first-order chi connectivity index (χ1) is 25.5. The summed E-state index contributed by atoms with van der Waals surface area (Å²) < 4.78 is 23.1. The molecule has 3 atom stereocenters. The normalized spacial score (nSPS) is 14.9. The van der Waals surface area contributed by atoms with Crippen LogP contribution in [0.25, 0.3) is 0 Å². The Balaban J connectivity index is 4.48. The Morgan fingerprint density at radius 2 is 1.08 bits per heavy atom. The molecule has 0 aliphatic carbocycles. The van der Waals surface area contributed by atoms with Crippen LogP contribution < -0.4 is 10.2 Å². The highest BCUT2D eigenvalue weighted by atomic mass is 31.2. The van der Waals surface area contributed by atoms with Crippen molar-refractivity contribution in [2.24, 2.45) is 0 Å². The van der Waals surface area contributed by atoms with Gasteiger partial charge in [-0.25, -0.2) is 0 Å². The molecular formula is C44H83N2O6P. The molecule has 0 aliphatic heterocycles. The van der Waals surface area contributed by atoms with Crippen molar-refractivity contribution in [2.75, 3.05) is 40.9 Å². The fraction of sp³-hybridized carbons (Fsp3) is 0.795. The molecule has 0 aromatic heterocycles. The lowest BCUT2D eigenvalue weighted by Gasteiger charge is -2.29. The van der Waals surface area contributed by atoms with E-state index in [0.717, 1.165) is 64.2 Å². The van der Waals surface area contributed by atoms with Gasteiger partial charge in [0.25, 0.3) is 7.82 Å². The van der Waals surface area contributed by atoms with E-state index in [1.54, 1.807) is 6.08 Å². The standard InChI is InChI=1S/C44H83N2O6P/c1-6-8-10-12-14-16-18-19-20-21-22-23-24-25-26-27-28-29-31-33-35-37-43(47)42(41-52-53(49,50)51-40-39-46(3,4)5)45-44(48)38-36-34-32-30-17-15-13-11-9-7-2/h13,15,24-25,28-29,35,37,42-43,47H,6-12,14,16-23,26-27,30-34,36,38-41H2,1-5H3,(H-,45,48,49,50)/b15-13-,25-24+,29-28+,37-35+. The van der Waals surface area contributed by atoms with Gasteiger partial charge in [-0.05, 0) is 64.2 Å². The number of nitrogens with one attached hydrogen (secondary N) is 1. The van der Waals surface area contributed by atoms with E-state index in [9.17, 15) is 19.4 Å². The molecule has 0 spiro atoms. The molecule has 2 N–H and O–H groups in total. The summed E-state index contributed by atoms with van der Waals surface area (Å²) in [6.07, 6.45) is 44.6. The summed E-state index contributed by atoms with van der Waals surface area (Å²) in [4.78, 5) is 25.2. The summed E-state index contributed by atoms with van der Waals surface area (Å²) >= 11 is 0. The van der Waals surface area contributed by atoms with Gasteiger partial charge in [0.15, 0.2) is 0 Å². The van der Waals surface area contributed by atoms with E-state index in [1.165, 1.54) is 89.9 Å². The smallest absolute Gasteiger partial charge is 0.268 e.